The van der Waals surface area contributed by atoms with E-state index in [1.54, 1.807) is 12.1 Å². The Hall–Kier alpha value is -3.07. The highest BCUT2D eigenvalue weighted by molar-refractivity contribution is 5.96. The minimum atomic E-state index is 0.260. The Kier molecular flexibility index (Phi) is 3.12. The average molecular weight is 300 g/mol. The lowest BCUT2D eigenvalue weighted by Crippen LogP contribution is -1.84. The largest absolute Gasteiger partial charge is 0.508 e. The number of aromatic amines is 1. The van der Waals surface area contributed by atoms with E-state index in [0.717, 1.165) is 27.7 Å². The van der Waals surface area contributed by atoms with E-state index in [2.05, 4.69) is 35.1 Å². The number of hydrogen-bond acceptors (Lipinski definition) is 2. The molecule has 0 spiro atoms. The number of benzene rings is 2. The van der Waals surface area contributed by atoms with Crippen LogP contribution in [0, 0.1) is 6.92 Å². The van der Waals surface area contributed by atoms with Crippen LogP contribution in [0.3, 0.4) is 0 Å². The Bertz CT molecular complexity index is 1000. The van der Waals surface area contributed by atoms with E-state index >= 15 is 0 Å². The summed E-state index contributed by atoms with van der Waals surface area (Å²) in [4.78, 5) is 7.77. The highest BCUT2D eigenvalue weighted by atomic mass is 16.3. The molecule has 23 heavy (non-hydrogen) atoms. The van der Waals surface area contributed by atoms with E-state index in [4.69, 9.17) is 0 Å². The van der Waals surface area contributed by atoms with Gasteiger partial charge < -0.3 is 10.1 Å². The van der Waals surface area contributed by atoms with Gasteiger partial charge in [0.15, 0.2) is 0 Å². The monoisotopic (exact) mass is 300 g/mol. The fourth-order valence-corrected chi connectivity index (χ4v) is 2.94. The van der Waals surface area contributed by atoms with Crippen molar-refractivity contribution in [2.24, 2.45) is 0 Å². The summed E-state index contributed by atoms with van der Waals surface area (Å²) in [7, 11) is 0. The Morgan fingerprint density at radius 3 is 2.61 bits per heavy atom. The molecule has 2 aromatic heterocycles. The van der Waals surface area contributed by atoms with Gasteiger partial charge in [0.25, 0.3) is 0 Å². The zero-order valence-corrected chi connectivity index (χ0v) is 12.7. The van der Waals surface area contributed by atoms with Crippen molar-refractivity contribution in [1.29, 1.82) is 0 Å². The van der Waals surface area contributed by atoms with Gasteiger partial charge in [-0.05, 0) is 41.8 Å². The number of pyridine rings is 1. The van der Waals surface area contributed by atoms with E-state index in [1.807, 2.05) is 36.7 Å². The Balaban J connectivity index is 1.92. The second-order valence-electron chi connectivity index (χ2n) is 5.69. The molecule has 0 aliphatic heterocycles. The third kappa shape index (κ3) is 2.36. The van der Waals surface area contributed by atoms with Gasteiger partial charge in [-0.15, -0.1) is 0 Å². The van der Waals surface area contributed by atoms with Crippen LogP contribution in [0.1, 0.15) is 5.56 Å². The van der Waals surface area contributed by atoms with Crippen LogP contribution < -0.4 is 0 Å². The number of nitrogens with zero attached hydrogens (tertiary/aromatic N) is 1. The van der Waals surface area contributed by atoms with Crippen LogP contribution in [0.4, 0.5) is 0 Å². The molecule has 3 nitrogen and oxygen atoms in total. The van der Waals surface area contributed by atoms with Crippen LogP contribution in [0.25, 0.3) is 33.3 Å². The molecule has 0 aliphatic rings. The van der Waals surface area contributed by atoms with E-state index in [1.165, 1.54) is 11.1 Å². The lowest BCUT2D eigenvalue weighted by atomic mass is 9.99. The first-order valence-electron chi connectivity index (χ1n) is 7.55. The minimum Gasteiger partial charge on any atom is -0.508 e. The molecule has 0 fully saturated rings. The highest BCUT2D eigenvalue weighted by Crippen LogP contribution is 2.33. The van der Waals surface area contributed by atoms with Crippen LogP contribution >= 0.6 is 0 Å². The van der Waals surface area contributed by atoms with Gasteiger partial charge in [-0.3, -0.25) is 0 Å². The number of fused-ring (bicyclic) bond motifs is 1. The predicted molar refractivity (Wildman–Crippen MR) is 93.4 cm³/mol. The molecule has 0 atom stereocenters. The van der Waals surface area contributed by atoms with Crippen molar-refractivity contribution in [3.05, 3.63) is 72.6 Å². The molecule has 4 rings (SSSR count). The maximum Gasteiger partial charge on any atom is 0.137 e. The first kappa shape index (κ1) is 13.6. The van der Waals surface area contributed by atoms with Gasteiger partial charge in [-0.25, -0.2) is 4.98 Å². The zero-order valence-electron chi connectivity index (χ0n) is 12.7. The molecule has 0 aliphatic carbocycles. The quantitative estimate of drug-likeness (QED) is 0.552. The molecular weight excluding hydrogens is 284 g/mol. The smallest absolute Gasteiger partial charge is 0.137 e. The summed E-state index contributed by atoms with van der Waals surface area (Å²) in [6.07, 6.45) is 3.83. The van der Waals surface area contributed by atoms with Crippen LogP contribution in [-0.2, 0) is 0 Å². The lowest BCUT2D eigenvalue weighted by molar-refractivity contribution is 0.475. The fraction of sp³-hybridized carbons (Fsp3) is 0.0500. The third-order valence-corrected chi connectivity index (χ3v) is 4.15. The van der Waals surface area contributed by atoms with E-state index < -0.39 is 0 Å². The number of phenols is 1. The van der Waals surface area contributed by atoms with Gasteiger partial charge in [0, 0.05) is 28.9 Å². The normalized spacial score (nSPS) is 11.0. The van der Waals surface area contributed by atoms with Crippen molar-refractivity contribution in [3.63, 3.8) is 0 Å². The molecule has 2 heterocycles. The summed E-state index contributed by atoms with van der Waals surface area (Å²) in [5, 5.41) is 10.8. The number of rotatable bonds is 2. The van der Waals surface area contributed by atoms with Crippen molar-refractivity contribution in [1.82, 2.24) is 9.97 Å². The third-order valence-electron chi connectivity index (χ3n) is 4.15. The molecular formula is C20H16N2O. The van der Waals surface area contributed by atoms with E-state index in [-0.39, 0.29) is 5.75 Å². The number of phenolic OH excluding ortho intramolecular Hbond substituents is 1. The molecule has 0 unspecified atom stereocenters. The summed E-state index contributed by atoms with van der Waals surface area (Å²) < 4.78 is 0. The average Bonchev–Trinajstić information content (AvgIpc) is 2.98. The molecule has 0 amide bonds. The van der Waals surface area contributed by atoms with Gasteiger partial charge >= 0.3 is 0 Å². The summed E-state index contributed by atoms with van der Waals surface area (Å²) in [5.41, 5.74) is 6.39. The standard InChI is InChI=1S/C20H16N2O/c1-13-5-2-3-8-17(13)19-12-22-20-18(19)10-15(11-21-20)14-6-4-7-16(23)9-14/h2-12,23H,1H3,(H,21,22). The summed E-state index contributed by atoms with van der Waals surface area (Å²) in [6.45, 7) is 2.11. The van der Waals surface area contributed by atoms with Gasteiger partial charge in [0.2, 0.25) is 0 Å². The Morgan fingerprint density at radius 2 is 1.78 bits per heavy atom. The van der Waals surface area contributed by atoms with Gasteiger partial charge in [0.1, 0.15) is 11.4 Å². The molecule has 0 radical (unpaired) electrons. The number of aromatic nitrogens is 2. The topological polar surface area (TPSA) is 48.9 Å². The van der Waals surface area contributed by atoms with E-state index in [9.17, 15) is 5.11 Å². The highest BCUT2D eigenvalue weighted by Gasteiger charge is 2.10. The van der Waals surface area contributed by atoms with Crippen molar-refractivity contribution in [3.8, 4) is 28.0 Å². The number of H-pyrrole nitrogens is 1. The second kappa shape index (κ2) is 5.29. The fourth-order valence-electron chi connectivity index (χ4n) is 2.94. The van der Waals surface area contributed by atoms with Crippen LogP contribution in [0.5, 0.6) is 5.75 Å². The lowest BCUT2D eigenvalue weighted by Gasteiger charge is -2.06. The van der Waals surface area contributed by atoms with Crippen molar-refractivity contribution in [2.75, 3.05) is 0 Å². The molecule has 3 heteroatoms. The zero-order chi connectivity index (χ0) is 15.8. The van der Waals surface area contributed by atoms with Gasteiger partial charge in [0.05, 0.1) is 0 Å². The molecule has 0 saturated heterocycles. The first-order valence-corrected chi connectivity index (χ1v) is 7.55. The molecule has 112 valence electrons. The molecule has 4 aromatic rings. The Morgan fingerprint density at radius 1 is 0.913 bits per heavy atom. The molecule has 2 N–H and O–H groups in total. The predicted octanol–water partition coefficient (Wildman–Crippen LogP) is 4.91. The van der Waals surface area contributed by atoms with Gasteiger partial charge in [-0.1, -0.05) is 36.4 Å². The molecule has 2 aromatic carbocycles. The van der Waals surface area contributed by atoms with Crippen molar-refractivity contribution in [2.45, 2.75) is 6.92 Å². The van der Waals surface area contributed by atoms with Crippen LogP contribution in [-0.4, -0.2) is 15.1 Å². The van der Waals surface area contributed by atoms with Crippen LogP contribution in [0.15, 0.2) is 67.0 Å². The van der Waals surface area contributed by atoms with Gasteiger partial charge in [-0.2, -0.15) is 0 Å². The summed E-state index contributed by atoms with van der Waals surface area (Å²) in [6, 6.07) is 17.7. The second-order valence-corrected chi connectivity index (χ2v) is 5.69. The van der Waals surface area contributed by atoms with E-state index in [0.29, 0.717) is 0 Å². The number of nitrogens with one attached hydrogen (secondary N) is 1. The first-order chi connectivity index (χ1) is 11.2. The van der Waals surface area contributed by atoms with Crippen LogP contribution in [0.2, 0.25) is 0 Å². The molecule has 0 saturated carbocycles. The number of aromatic hydroxyl groups is 1. The Labute approximate surface area is 134 Å². The SMILES string of the molecule is Cc1ccccc1-c1c[nH]c2ncc(-c3cccc(O)c3)cc12. The number of aryl methyl sites for hydroxylation is 1. The van der Waals surface area contributed by atoms with Crippen molar-refractivity contribution >= 4 is 11.0 Å². The van der Waals surface area contributed by atoms with Crippen molar-refractivity contribution < 1.29 is 5.11 Å². The maximum atomic E-state index is 9.69. The number of hydrogen-bond donors (Lipinski definition) is 2. The maximum absolute atomic E-state index is 9.69. The summed E-state index contributed by atoms with van der Waals surface area (Å²) >= 11 is 0. The summed E-state index contributed by atoms with van der Waals surface area (Å²) in [5.74, 6) is 0.260. The molecule has 0 bridgehead atoms. The minimum absolute atomic E-state index is 0.260.